The molecule has 1 saturated heterocycles. The van der Waals surface area contributed by atoms with Gasteiger partial charge in [0.2, 0.25) is 0 Å². The van der Waals surface area contributed by atoms with E-state index in [1.807, 2.05) is 55.5 Å². The zero-order valence-electron chi connectivity index (χ0n) is 23.7. The summed E-state index contributed by atoms with van der Waals surface area (Å²) in [5.41, 5.74) is 2.60. The van der Waals surface area contributed by atoms with Gasteiger partial charge in [0.05, 0.1) is 19.4 Å². The predicted molar refractivity (Wildman–Crippen MR) is 161 cm³/mol. The third-order valence-corrected chi connectivity index (χ3v) is 6.55. The van der Waals surface area contributed by atoms with Crippen LogP contribution >= 0.6 is 0 Å². The topological polar surface area (TPSA) is 103 Å². The van der Waals surface area contributed by atoms with Gasteiger partial charge >= 0.3 is 6.03 Å². The van der Waals surface area contributed by atoms with Crippen LogP contribution in [-0.4, -0.2) is 31.6 Å². The molecule has 0 unspecified atom stereocenters. The Labute approximate surface area is 249 Å². The van der Waals surface area contributed by atoms with Crippen molar-refractivity contribution in [3.8, 4) is 23.0 Å². The van der Waals surface area contributed by atoms with E-state index >= 15 is 0 Å². The molecule has 1 aliphatic rings. The maximum absolute atomic E-state index is 13.1. The number of rotatable bonds is 11. The molecule has 43 heavy (non-hydrogen) atoms. The fourth-order valence-corrected chi connectivity index (χ4v) is 4.46. The number of hydrogen-bond donors (Lipinski definition) is 1. The molecule has 1 heterocycles. The van der Waals surface area contributed by atoms with Crippen molar-refractivity contribution in [3.05, 3.63) is 119 Å². The number of ether oxygens (including phenoxy) is 4. The van der Waals surface area contributed by atoms with Crippen LogP contribution in [0.5, 0.6) is 23.0 Å². The summed E-state index contributed by atoms with van der Waals surface area (Å²) < 4.78 is 23.4. The van der Waals surface area contributed by atoms with E-state index in [9.17, 15) is 14.4 Å². The van der Waals surface area contributed by atoms with Crippen LogP contribution in [0.25, 0.3) is 6.08 Å². The SMILES string of the molecule is CCOc1cc(COc2ccc(/C=C3/C(=O)NC(=O)N(c4ccccc4)C3=O)cc2OC)ccc1OCc1ccccc1. The number of anilines is 1. The third kappa shape index (κ3) is 6.84. The van der Waals surface area contributed by atoms with Gasteiger partial charge in [-0.2, -0.15) is 0 Å². The van der Waals surface area contributed by atoms with Crippen molar-refractivity contribution in [1.82, 2.24) is 5.32 Å². The molecule has 0 aliphatic carbocycles. The molecule has 5 rings (SSSR count). The predicted octanol–water partition coefficient (Wildman–Crippen LogP) is 5.92. The van der Waals surface area contributed by atoms with Crippen LogP contribution in [-0.2, 0) is 22.8 Å². The maximum atomic E-state index is 13.1. The lowest BCUT2D eigenvalue weighted by molar-refractivity contribution is -0.122. The molecule has 0 saturated carbocycles. The van der Waals surface area contributed by atoms with Crippen LogP contribution in [0.2, 0.25) is 0 Å². The summed E-state index contributed by atoms with van der Waals surface area (Å²) in [5.74, 6) is 0.628. The van der Waals surface area contributed by atoms with Crippen LogP contribution in [0.3, 0.4) is 0 Å². The van der Waals surface area contributed by atoms with Gasteiger partial charge in [-0.1, -0.05) is 60.7 Å². The van der Waals surface area contributed by atoms with Gasteiger partial charge in [0.25, 0.3) is 11.8 Å². The number of carbonyl (C=O) groups is 3. The Morgan fingerprint density at radius 2 is 1.35 bits per heavy atom. The largest absolute Gasteiger partial charge is 0.493 e. The normalized spacial score (nSPS) is 14.0. The summed E-state index contributed by atoms with van der Waals surface area (Å²) in [6.07, 6.45) is 1.41. The second kappa shape index (κ2) is 13.4. The van der Waals surface area contributed by atoms with Gasteiger partial charge in [0, 0.05) is 0 Å². The van der Waals surface area contributed by atoms with Crippen LogP contribution in [0.1, 0.15) is 23.6 Å². The monoisotopic (exact) mass is 578 g/mol. The van der Waals surface area contributed by atoms with E-state index in [2.05, 4.69) is 5.32 Å². The van der Waals surface area contributed by atoms with Gasteiger partial charge in [-0.25, -0.2) is 9.69 Å². The van der Waals surface area contributed by atoms with E-state index in [1.54, 1.807) is 48.5 Å². The van der Waals surface area contributed by atoms with Crippen molar-refractivity contribution in [2.24, 2.45) is 0 Å². The molecule has 0 aromatic heterocycles. The molecule has 1 fully saturated rings. The van der Waals surface area contributed by atoms with E-state index in [4.69, 9.17) is 18.9 Å². The summed E-state index contributed by atoms with van der Waals surface area (Å²) in [7, 11) is 1.50. The molecule has 1 N–H and O–H groups in total. The summed E-state index contributed by atoms with van der Waals surface area (Å²) >= 11 is 0. The Morgan fingerprint density at radius 1 is 0.698 bits per heavy atom. The van der Waals surface area contributed by atoms with Gasteiger partial charge in [-0.3, -0.25) is 14.9 Å². The highest BCUT2D eigenvalue weighted by molar-refractivity contribution is 6.39. The highest BCUT2D eigenvalue weighted by Crippen LogP contribution is 2.33. The molecule has 0 radical (unpaired) electrons. The molecule has 4 aromatic carbocycles. The van der Waals surface area contributed by atoms with Crippen molar-refractivity contribution >= 4 is 29.6 Å². The van der Waals surface area contributed by atoms with Crippen LogP contribution in [0.15, 0.2) is 103 Å². The highest BCUT2D eigenvalue weighted by atomic mass is 16.5. The molecular weight excluding hydrogens is 548 g/mol. The molecule has 9 heteroatoms. The van der Waals surface area contributed by atoms with Gasteiger partial charge in [-0.15, -0.1) is 0 Å². The molecule has 0 spiro atoms. The second-order valence-corrected chi connectivity index (χ2v) is 9.48. The Balaban J connectivity index is 1.30. The van der Waals surface area contributed by atoms with E-state index in [-0.39, 0.29) is 12.2 Å². The Bertz CT molecular complexity index is 1650. The summed E-state index contributed by atoms with van der Waals surface area (Å²) in [6, 6.07) is 28.2. The Hall–Kier alpha value is -5.57. The number of imide groups is 2. The van der Waals surface area contributed by atoms with Crippen molar-refractivity contribution in [2.75, 3.05) is 18.6 Å². The maximum Gasteiger partial charge on any atom is 0.335 e. The first kappa shape index (κ1) is 28.9. The quantitative estimate of drug-likeness (QED) is 0.174. The van der Waals surface area contributed by atoms with Gasteiger partial charge < -0.3 is 18.9 Å². The average molecular weight is 579 g/mol. The number of urea groups is 1. The summed E-state index contributed by atoms with van der Waals surface area (Å²) in [4.78, 5) is 39.0. The molecule has 0 atom stereocenters. The second-order valence-electron chi connectivity index (χ2n) is 9.48. The molecule has 218 valence electrons. The number of benzene rings is 4. The molecular formula is C34H30N2O7. The summed E-state index contributed by atoms with van der Waals surface area (Å²) in [6.45, 7) is 3.04. The van der Waals surface area contributed by atoms with Crippen LogP contribution in [0, 0.1) is 0 Å². The lowest BCUT2D eigenvalue weighted by Gasteiger charge is -2.26. The minimum atomic E-state index is -0.803. The van der Waals surface area contributed by atoms with Crippen molar-refractivity contribution in [3.63, 3.8) is 0 Å². The number of nitrogens with zero attached hydrogens (tertiary/aromatic N) is 1. The number of barbiturate groups is 1. The fourth-order valence-electron chi connectivity index (χ4n) is 4.46. The standard InChI is InChI=1S/C34H30N2O7/c1-3-41-31-20-25(15-17-29(31)42-21-23-10-6-4-7-11-23)22-43-28-16-14-24(19-30(28)40-2)18-27-32(37)35-34(39)36(33(27)38)26-12-8-5-9-13-26/h4-20H,3,21-22H2,1-2H3,(H,35,37,39)/b27-18-. The van der Waals surface area contributed by atoms with Gasteiger partial charge in [0.1, 0.15) is 18.8 Å². The number of amides is 4. The minimum absolute atomic E-state index is 0.183. The fraction of sp³-hybridized carbons (Fsp3) is 0.147. The molecule has 4 amide bonds. The van der Waals surface area contributed by atoms with Crippen molar-refractivity contribution in [2.45, 2.75) is 20.1 Å². The van der Waals surface area contributed by atoms with Crippen molar-refractivity contribution < 1.29 is 33.3 Å². The number of carbonyl (C=O) groups excluding carboxylic acids is 3. The van der Waals surface area contributed by atoms with Gasteiger partial charge in [-0.05, 0) is 66.1 Å². The molecule has 0 bridgehead atoms. The third-order valence-electron chi connectivity index (χ3n) is 6.55. The number of methoxy groups -OCH3 is 1. The minimum Gasteiger partial charge on any atom is -0.493 e. The first-order valence-corrected chi connectivity index (χ1v) is 13.7. The first-order valence-electron chi connectivity index (χ1n) is 13.7. The number of para-hydroxylation sites is 1. The zero-order chi connectivity index (χ0) is 30.2. The number of nitrogens with one attached hydrogen (secondary N) is 1. The first-order chi connectivity index (χ1) is 21.0. The molecule has 9 nitrogen and oxygen atoms in total. The van der Waals surface area contributed by atoms with E-state index in [1.165, 1.54) is 13.2 Å². The Kier molecular flexibility index (Phi) is 9.02. The lowest BCUT2D eigenvalue weighted by Crippen LogP contribution is -2.54. The smallest absolute Gasteiger partial charge is 0.335 e. The lowest BCUT2D eigenvalue weighted by atomic mass is 10.1. The average Bonchev–Trinajstić information content (AvgIpc) is 3.03. The van der Waals surface area contributed by atoms with Crippen molar-refractivity contribution in [1.29, 1.82) is 0 Å². The number of hydrogen-bond acceptors (Lipinski definition) is 7. The highest BCUT2D eigenvalue weighted by Gasteiger charge is 2.36. The van der Waals surface area contributed by atoms with Crippen LogP contribution < -0.4 is 29.2 Å². The van der Waals surface area contributed by atoms with Gasteiger partial charge in [0.15, 0.2) is 23.0 Å². The summed E-state index contributed by atoms with van der Waals surface area (Å²) in [5, 5.41) is 2.22. The van der Waals surface area contributed by atoms with E-state index in [0.29, 0.717) is 47.5 Å². The van der Waals surface area contributed by atoms with E-state index in [0.717, 1.165) is 16.0 Å². The molecule has 1 aliphatic heterocycles. The van der Waals surface area contributed by atoms with Crippen LogP contribution in [0.4, 0.5) is 10.5 Å². The molecule has 4 aromatic rings. The Morgan fingerprint density at radius 3 is 2.05 bits per heavy atom. The zero-order valence-corrected chi connectivity index (χ0v) is 23.7. The van der Waals surface area contributed by atoms with E-state index < -0.39 is 17.8 Å².